The van der Waals surface area contributed by atoms with E-state index in [0.29, 0.717) is 11.8 Å². The lowest BCUT2D eigenvalue weighted by Gasteiger charge is -2.31. The van der Waals surface area contributed by atoms with Crippen molar-refractivity contribution in [1.82, 2.24) is 10.2 Å². The summed E-state index contributed by atoms with van der Waals surface area (Å²) in [6.07, 6.45) is 3.17. The smallest absolute Gasteiger partial charge is 0.226 e. The maximum atomic E-state index is 12.3. The normalized spacial score (nSPS) is 25.4. The number of nitrogens with zero attached hydrogens (tertiary/aromatic N) is 1. The molecule has 1 fully saturated rings. The van der Waals surface area contributed by atoms with Gasteiger partial charge in [0.15, 0.2) is 0 Å². The summed E-state index contributed by atoms with van der Waals surface area (Å²) in [6, 6.07) is 0. The molecule has 1 rings (SSSR count). The highest BCUT2D eigenvalue weighted by molar-refractivity contribution is 5.79. The average molecular weight is 226 g/mol. The fourth-order valence-corrected chi connectivity index (χ4v) is 2.47. The van der Waals surface area contributed by atoms with Gasteiger partial charge in [-0.3, -0.25) is 4.79 Å². The molecule has 0 aromatic rings. The molecule has 1 heterocycles. The SMILES string of the molecule is CCCN(CCC)C(=O)C1CNCC(C)C1. The largest absolute Gasteiger partial charge is 0.342 e. The Morgan fingerprint density at radius 2 is 1.88 bits per heavy atom. The molecular weight excluding hydrogens is 200 g/mol. The number of hydrogen-bond donors (Lipinski definition) is 1. The number of nitrogens with one attached hydrogen (secondary N) is 1. The fourth-order valence-electron chi connectivity index (χ4n) is 2.47. The minimum atomic E-state index is 0.210. The second-order valence-electron chi connectivity index (χ2n) is 5.02. The number of rotatable bonds is 5. The topological polar surface area (TPSA) is 32.3 Å². The van der Waals surface area contributed by atoms with Gasteiger partial charge < -0.3 is 10.2 Å². The Kier molecular flexibility index (Phi) is 5.81. The van der Waals surface area contributed by atoms with Gasteiger partial charge in [-0.1, -0.05) is 20.8 Å². The molecule has 0 aromatic heterocycles. The van der Waals surface area contributed by atoms with Crippen LogP contribution in [0, 0.1) is 11.8 Å². The molecule has 2 unspecified atom stereocenters. The molecule has 16 heavy (non-hydrogen) atoms. The summed E-state index contributed by atoms with van der Waals surface area (Å²) in [4.78, 5) is 14.4. The maximum Gasteiger partial charge on any atom is 0.226 e. The highest BCUT2D eigenvalue weighted by Crippen LogP contribution is 2.18. The Bertz CT molecular complexity index is 205. The van der Waals surface area contributed by atoms with Crippen molar-refractivity contribution in [3.05, 3.63) is 0 Å². The van der Waals surface area contributed by atoms with Crippen molar-refractivity contribution in [1.29, 1.82) is 0 Å². The van der Waals surface area contributed by atoms with Gasteiger partial charge in [-0.25, -0.2) is 0 Å². The fraction of sp³-hybridized carbons (Fsp3) is 0.923. The molecule has 0 aromatic carbocycles. The van der Waals surface area contributed by atoms with Crippen molar-refractivity contribution in [3.63, 3.8) is 0 Å². The first-order valence-electron chi connectivity index (χ1n) is 6.68. The molecule has 0 aliphatic carbocycles. The van der Waals surface area contributed by atoms with Crippen molar-refractivity contribution in [2.75, 3.05) is 26.2 Å². The van der Waals surface area contributed by atoms with Gasteiger partial charge in [0, 0.05) is 19.6 Å². The van der Waals surface area contributed by atoms with Gasteiger partial charge in [-0.05, 0) is 31.7 Å². The van der Waals surface area contributed by atoms with Crippen molar-refractivity contribution in [2.24, 2.45) is 11.8 Å². The molecule has 1 aliphatic rings. The summed E-state index contributed by atoms with van der Waals surface area (Å²) in [6.45, 7) is 10.2. The van der Waals surface area contributed by atoms with E-state index in [0.717, 1.165) is 45.4 Å². The third-order valence-electron chi connectivity index (χ3n) is 3.22. The zero-order valence-corrected chi connectivity index (χ0v) is 11.0. The van der Waals surface area contributed by atoms with Gasteiger partial charge in [-0.2, -0.15) is 0 Å². The minimum Gasteiger partial charge on any atom is -0.342 e. The van der Waals surface area contributed by atoms with Crippen LogP contribution in [-0.4, -0.2) is 37.0 Å². The lowest BCUT2D eigenvalue weighted by atomic mass is 9.90. The number of amides is 1. The van der Waals surface area contributed by atoms with Crippen LogP contribution in [0.25, 0.3) is 0 Å². The third-order valence-corrected chi connectivity index (χ3v) is 3.22. The molecule has 1 N–H and O–H groups in total. The lowest BCUT2D eigenvalue weighted by Crippen LogP contribution is -2.45. The summed E-state index contributed by atoms with van der Waals surface area (Å²) >= 11 is 0. The zero-order valence-electron chi connectivity index (χ0n) is 11.0. The van der Waals surface area contributed by atoms with Crippen LogP contribution in [0.2, 0.25) is 0 Å². The highest BCUT2D eigenvalue weighted by atomic mass is 16.2. The molecule has 2 atom stereocenters. The van der Waals surface area contributed by atoms with Crippen molar-refractivity contribution < 1.29 is 4.79 Å². The summed E-state index contributed by atoms with van der Waals surface area (Å²) in [7, 11) is 0. The monoisotopic (exact) mass is 226 g/mol. The lowest BCUT2D eigenvalue weighted by molar-refractivity contribution is -0.136. The van der Waals surface area contributed by atoms with E-state index in [9.17, 15) is 4.79 Å². The van der Waals surface area contributed by atoms with Crippen LogP contribution in [0.4, 0.5) is 0 Å². The van der Waals surface area contributed by atoms with Crippen LogP contribution in [0.3, 0.4) is 0 Å². The number of piperidine rings is 1. The van der Waals surface area contributed by atoms with Crippen LogP contribution in [0.1, 0.15) is 40.0 Å². The highest BCUT2D eigenvalue weighted by Gasteiger charge is 2.27. The van der Waals surface area contributed by atoms with Crippen LogP contribution >= 0.6 is 0 Å². The van der Waals surface area contributed by atoms with E-state index in [1.54, 1.807) is 0 Å². The first-order chi connectivity index (χ1) is 7.69. The van der Waals surface area contributed by atoms with Crippen molar-refractivity contribution in [2.45, 2.75) is 40.0 Å². The first-order valence-corrected chi connectivity index (χ1v) is 6.68. The van der Waals surface area contributed by atoms with E-state index in [1.807, 2.05) is 4.90 Å². The zero-order chi connectivity index (χ0) is 12.0. The van der Waals surface area contributed by atoms with Gasteiger partial charge in [0.25, 0.3) is 0 Å². The summed E-state index contributed by atoms with van der Waals surface area (Å²) < 4.78 is 0. The van der Waals surface area contributed by atoms with E-state index in [4.69, 9.17) is 0 Å². The third kappa shape index (κ3) is 3.78. The molecule has 3 heteroatoms. The molecule has 0 bridgehead atoms. The number of carbonyl (C=O) groups excluding carboxylic acids is 1. The summed E-state index contributed by atoms with van der Waals surface area (Å²) in [5, 5.41) is 3.36. The Hall–Kier alpha value is -0.570. The summed E-state index contributed by atoms with van der Waals surface area (Å²) in [5.74, 6) is 1.21. The van der Waals surface area contributed by atoms with Crippen molar-refractivity contribution in [3.8, 4) is 0 Å². The molecule has 1 amide bonds. The van der Waals surface area contributed by atoms with Gasteiger partial charge in [0.1, 0.15) is 0 Å². The molecular formula is C13H26N2O. The Labute approximate surface area is 99.6 Å². The quantitative estimate of drug-likeness (QED) is 0.776. The maximum absolute atomic E-state index is 12.3. The molecule has 0 radical (unpaired) electrons. The van der Waals surface area contributed by atoms with Crippen LogP contribution < -0.4 is 5.32 Å². The van der Waals surface area contributed by atoms with Gasteiger partial charge in [-0.15, -0.1) is 0 Å². The van der Waals surface area contributed by atoms with Gasteiger partial charge in [0.2, 0.25) is 5.91 Å². The number of carbonyl (C=O) groups is 1. The van der Waals surface area contributed by atoms with E-state index in [1.165, 1.54) is 0 Å². The second kappa shape index (κ2) is 6.89. The molecule has 1 aliphatic heterocycles. The Balaban J connectivity index is 2.51. The van der Waals surface area contributed by atoms with Crippen LogP contribution in [0.15, 0.2) is 0 Å². The standard InChI is InChI=1S/C13H26N2O/c1-4-6-15(7-5-2)13(16)12-8-11(3)9-14-10-12/h11-12,14H,4-10H2,1-3H3. The predicted molar refractivity (Wildman–Crippen MR) is 67.3 cm³/mol. The van der Waals surface area contributed by atoms with Gasteiger partial charge in [0.05, 0.1) is 5.92 Å². The molecule has 1 saturated heterocycles. The Morgan fingerprint density at radius 3 is 2.38 bits per heavy atom. The second-order valence-corrected chi connectivity index (χ2v) is 5.02. The van der Waals surface area contributed by atoms with Crippen LogP contribution in [0.5, 0.6) is 0 Å². The molecule has 0 spiro atoms. The average Bonchev–Trinajstić information content (AvgIpc) is 2.28. The van der Waals surface area contributed by atoms with Gasteiger partial charge >= 0.3 is 0 Å². The number of hydrogen-bond acceptors (Lipinski definition) is 2. The first kappa shape index (κ1) is 13.5. The predicted octanol–water partition coefficient (Wildman–Crippen LogP) is 1.88. The van der Waals surface area contributed by atoms with E-state index in [-0.39, 0.29) is 5.92 Å². The Morgan fingerprint density at radius 1 is 1.25 bits per heavy atom. The van der Waals surface area contributed by atoms with E-state index < -0.39 is 0 Å². The molecule has 3 nitrogen and oxygen atoms in total. The molecule has 94 valence electrons. The van der Waals surface area contributed by atoms with Crippen LogP contribution in [-0.2, 0) is 4.79 Å². The van der Waals surface area contributed by atoms with Crippen molar-refractivity contribution >= 4 is 5.91 Å². The van der Waals surface area contributed by atoms with E-state index >= 15 is 0 Å². The molecule has 0 saturated carbocycles. The minimum absolute atomic E-state index is 0.210. The van der Waals surface area contributed by atoms with E-state index in [2.05, 4.69) is 26.1 Å². The summed E-state index contributed by atoms with van der Waals surface area (Å²) in [5.41, 5.74) is 0.